The summed E-state index contributed by atoms with van der Waals surface area (Å²) in [6.45, 7) is 2.53. The molecule has 0 spiro atoms. The predicted octanol–water partition coefficient (Wildman–Crippen LogP) is -0.416. The topological polar surface area (TPSA) is 97.5 Å². The summed E-state index contributed by atoms with van der Waals surface area (Å²) >= 11 is 0. The third-order valence-corrected chi connectivity index (χ3v) is 0.673. The summed E-state index contributed by atoms with van der Waals surface area (Å²) < 4.78 is 0. The van der Waals surface area contributed by atoms with Gasteiger partial charge in [-0.2, -0.15) is 0 Å². The SMILES string of the molecule is CC(=O)CC(C)=O.NCC(=O)O. The van der Waals surface area contributed by atoms with Gasteiger partial charge >= 0.3 is 5.97 Å². The first-order chi connectivity index (χ1) is 5.40. The minimum absolute atomic E-state index is 0.0625. The zero-order valence-corrected chi connectivity index (χ0v) is 7.16. The molecule has 3 N–H and O–H groups in total. The van der Waals surface area contributed by atoms with Crippen molar-refractivity contribution in [3.05, 3.63) is 0 Å². The lowest BCUT2D eigenvalue weighted by molar-refractivity contribution is -0.135. The molecule has 0 amide bonds. The number of nitrogens with two attached hydrogens (primary N) is 1. The van der Waals surface area contributed by atoms with E-state index < -0.39 is 5.97 Å². The zero-order chi connectivity index (χ0) is 10.1. The molecule has 0 bridgehead atoms. The lowest BCUT2D eigenvalue weighted by Crippen LogP contribution is -2.10. The molecule has 0 rings (SSSR count). The molecule has 0 saturated heterocycles. The van der Waals surface area contributed by atoms with Gasteiger partial charge in [-0.05, 0) is 13.8 Å². The van der Waals surface area contributed by atoms with Crippen LogP contribution in [0.5, 0.6) is 0 Å². The Balaban J connectivity index is 0. The summed E-state index contributed by atoms with van der Waals surface area (Å²) in [5.41, 5.74) is 4.57. The molecule has 0 aliphatic heterocycles. The maximum atomic E-state index is 10.0. The molecule has 12 heavy (non-hydrogen) atoms. The largest absolute Gasteiger partial charge is 0.480 e. The summed E-state index contributed by atoms with van der Waals surface area (Å²) in [7, 11) is 0. The fourth-order valence-corrected chi connectivity index (χ4v) is 0.351. The number of carbonyl (C=O) groups excluding carboxylic acids is 2. The Morgan fingerprint density at radius 2 is 1.42 bits per heavy atom. The van der Waals surface area contributed by atoms with Gasteiger partial charge in [0.1, 0.15) is 11.6 Å². The molecular weight excluding hydrogens is 162 g/mol. The fraction of sp³-hybridized carbons (Fsp3) is 0.571. The summed E-state index contributed by atoms with van der Waals surface area (Å²) in [6, 6.07) is 0. The Kier molecular flexibility index (Phi) is 8.77. The first kappa shape index (κ1) is 13.4. The van der Waals surface area contributed by atoms with Crippen molar-refractivity contribution in [2.24, 2.45) is 5.73 Å². The molecule has 0 heterocycles. The molecule has 5 nitrogen and oxygen atoms in total. The monoisotopic (exact) mass is 175 g/mol. The second kappa shape index (κ2) is 7.87. The van der Waals surface area contributed by atoms with Gasteiger partial charge in [0, 0.05) is 0 Å². The van der Waals surface area contributed by atoms with E-state index in [4.69, 9.17) is 5.11 Å². The third kappa shape index (κ3) is 23.3. The Hall–Kier alpha value is -1.23. The van der Waals surface area contributed by atoms with E-state index in [0.29, 0.717) is 0 Å². The average Bonchev–Trinajstić information content (AvgIpc) is 1.85. The van der Waals surface area contributed by atoms with Gasteiger partial charge < -0.3 is 10.8 Å². The van der Waals surface area contributed by atoms with E-state index in [0.717, 1.165) is 0 Å². The highest BCUT2D eigenvalue weighted by Crippen LogP contribution is 1.80. The second-order valence-electron chi connectivity index (χ2n) is 2.18. The average molecular weight is 175 g/mol. The first-order valence-electron chi connectivity index (χ1n) is 3.30. The molecule has 0 aromatic carbocycles. The molecule has 0 aromatic rings. The van der Waals surface area contributed by atoms with Gasteiger partial charge in [0.15, 0.2) is 0 Å². The predicted molar refractivity (Wildman–Crippen MR) is 42.7 cm³/mol. The molecule has 0 fully saturated rings. The van der Waals surface area contributed by atoms with E-state index in [1.807, 2.05) is 0 Å². The molecule has 0 saturated carbocycles. The number of Topliss-reactive ketones (excluding diaryl/α,β-unsaturated/α-hetero) is 2. The molecule has 0 aliphatic carbocycles. The second-order valence-corrected chi connectivity index (χ2v) is 2.18. The van der Waals surface area contributed by atoms with Crippen molar-refractivity contribution in [2.45, 2.75) is 20.3 Å². The molecule has 0 radical (unpaired) electrons. The van der Waals surface area contributed by atoms with Gasteiger partial charge in [-0.3, -0.25) is 14.4 Å². The van der Waals surface area contributed by atoms with Crippen molar-refractivity contribution < 1.29 is 19.5 Å². The summed E-state index contributed by atoms with van der Waals surface area (Å²) in [5, 5.41) is 7.60. The van der Waals surface area contributed by atoms with Crippen molar-refractivity contribution in [3.63, 3.8) is 0 Å². The van der Waals surface area contributed by atoms with Gasteiger partial charge in [-0.15, -0.1) is 0 Å². The van der Waals surface area contributed by atoms with Crippen molar-refractivity contribution in [3.8, 4) is 0 Å². The Morgan fingerprint density at radius 3 is 1.42 bits per heavy atom. The van der Waals surface area contributed by atoms with Gasteiger partial charge in [-0.1, -0.05) is 0 Å². The summed E-state index contributed by atoms with van der Waals surface area (Å²) in [5.74, 6) is -1.09. The first-order valence-corrected chi connectivity index (χ1v) is 3.30. The zero-order valence-electron chi connectivity index (χ0n) is 7.16. The van der Waals surface area contributed by atoms with E-state index in [-0.39, 0.29) is 24.5 Å². The van der Waals surface area contributed by atoms with E-state index >= 15 is 0 Å². The Bertz CT molecular complexity index is 164. The third-order valence-electron chi connectivity index (χ3n) is 0.673. The number of carbonyl (C=O) groups is 3. The Morgan fingerprint density at radius 1 is 1.17 bits per heavy atom. The van der Waals surface area contributed by atoms with Crippen LogP contribution in [0.1, 0.15) is 20.3 Å². The number of ketones is 2. The lowest BCUT2D eigenvalue weighted by Gasteiger charge is -1.81. The number of rotatable bonds is 3. The molecular formula is C7H13NO4. The van der Waals surface area contributed by atoms with Crippen LogP contribution < -0.4 is 5.73 Å². The molecule has 5 heteroatoms. The van der Waals surface area contributed by atoms with Crippen molar-refractivity contribution in [1.82, 2.24) is 0 Å². The number of aliphatic carboxylic acids is 1. The summed E-state index contributed by atoms with van der Waals surface area (Å²) in [6.07, 6.45) is 0.0833. The van der Waals surface area contributed by atoms with Crippen LogP contribution in [0.3, 0.4) is 0 Å². The van der Waals surface area contributed by atoms with Crippen molar-refractivity contribution >= 4 is 17.5 Å². The number of hydrogen-bond donors (Lipinski definition) is 2. The highest BCUT2D eigenvalue weighted by Gasteiger charge is 1.94. The van der Waals surface area contributed by atoms with Crippen LogP contribution in [0.15, 0.2) is 0 Å². The normalized spacial score (nSPS) is 7.92. The maximum Gasteiger partial charge on any atom is 0.317 e. The maximum absolute atomic E-state index is 10.0. The van der Waals surface area contributed by atoms with Crippen molar-refractivity contribution in [1.29, 1.82) is 0 Å². The number of carboxylic acids is 1. The molecule has 0 aliphatic rings. The Labute approximate surface area is 70.6 Å². The van der Waals surface area contributed by atoms with Crippen LogP contribution in [-0.2, 0) is 14.4 Å². The molecule has 0 unspecified atom stereocenters. The highest BCUT2D eigenvalue weighted by molar-refractivity contribution is 5.96. The van der Waals surface area contributed by atoms with Gasteiger partial charge in [0.2, 0.25) is 0 Å². The molecule has 0 aromatic heterocycles. The van der Waals surface area contributed by atoms with Gasteiger partial charge in [0.25, 0.3) is 0 Å². The van der Waals surface area contributed by atoms with E-state index in [9.17, 15) is 14.4 Å². The minimum Gasteiger partial charge on any atom is -0.480 e. The van der Waals surface area contributed by atoms with Crippen LogP contribution in [-0.4, -0.2) is 29.2 Å². The van der Waals surface area contributed by atoms with Crippen LogP contribution >= 0.6 is 0 Å². The lowest BCUT2D eigenvalue weighted by atomic mass is 10.2. The van der Waals surface area contributed by atoms with E-state index in [1.165, 1.54) is 13.8 Å². The van der Waals surface area contributed by atoms with Crippen LogP contribution in [0.2, 0.25) is 0 Å². The quantitative estimate of drug-likeness (QED) is 0.568. The van der Waals surface area contributed by atoms with Crippen molar-refractivity contribution in [2.75, 3.05) is 6.54 Å². The minimum atomic E-state index is -0.968. The van der Waals surface area contributed by atoms with Gasteiger partial charge in [-0.25, -0.2) is 0 Å². The van der Waals surface area contributed by atoms with E-state index in [1.54, 1.807) is 0 Å². The standard InChI is InChI=1S/C5H8O2.C2H5NO2/c1-4(6)3-5(2)7;3-1-2(4)5/h3H2,1-2H3;1,3H2,(H,4,5). The van der Waals surface area contributed by atoms with Crippen LogP contribution in [0.4, 0.5) is 0 Å². The summed E-state index contributed by atoms with van der Waals surface area (Å²) in [4.78, 5) is 29.3. The van der Waals surface area contributed by atoms with Crippen LogP contribution in [0, 0.1) is 0 Å². The highest BCUT2D eigenvalue weighted by atomic mass is 16.4. The van der Waals surface area contributed by atoms with E-state index in [2.05, 4.69) is 5.73 Å². The molecule has 70 valence electrons. The fourth-order valence-electron chi connectivity index (χ4n) is 0.351. The smallest absolute Gasteiger partial charge is 0.317 e. The number of hydrogen-bond acceptors (Lipinski definition) is 4. The number of carboxylic acid groups (broad SMARTS) is 1. The van der Waals surface area contributed by atoms with Crippen LogP contribution in [0.25, 0.3) is 0 Å². The van der Waals surface area contributed by atoms with Gasteiger partial charge in [0.05, 0.1) is 13.0 Å². The molecule has 0 atom stereocenters.